The van der Waals surface area contributed by atoms with Crippen molar-refractivity contribution < 1.29 is 13.5 Å². The summed E-state index contributed by atoms with van der Waals surface area (Å²) < 4.78 is 26.6. The van der Waals surface area contributed by atoms with Crippen LogP contribution in [0.2, 0.25) is 0 Å². The fourth-order valence-electron chi connectivity index (χ4n) is 2.14. The van der Waals surface area contributed by atoms with Crippen LogP contribution in [-0.2, 0) is 10.0 Å². The molecule has 0 saturated heterocycles. The summed E-state index contributed by atoms with van der Waals surface area (Å²) in [5.41, 5.74) is -0.953. The lowest BCUT2D eigenvalue weighted by molar-refractivity contribution is 0.0266. The van der Waals surface area contributed by atoms with Gasteiger partial charge in [-0.15, -0.1) is 0 Å². The second-order valence-corrected chi connectivity index (χ2v) is 6.63. The highest BCUT2D eigenvalue weighted by Gasteiger charge is 2.27. The van der Waals surface area contributed by atoms with Gasteiger partial charge >= 0.3 is 0 Å². The van der Waals surface area contributed by atoms with E-state index in [9.17, 15) is 13.5 Å². The fourth-order valence-corrected chi connectivity index (χ4v) is 3.29. The van der Waals surface area contributed by atoms with Crippen LogP contribution in [0, 0.1) is 0 Å². The molecule has 1 rings (SSSR count). The molecule has 0 fully saturated rings. The van der Waals surface area contributed by atoms with Crippen molar-refractivity contribution in [1.29, 1.82) is 0 Å². The van der Waals surface area contributed by atoms with E-state index in [2.05, 4.69) is 4.72 Å². The predicted molar refractivity (Wildman–Crippen MR) is 76.4 cm³/mol. The Morgan fingerprint density at radius 1 is 1.11 bits per heavy atom. The Labute approximate surface area is 115 Å². The van der Waals surface area contributed by atoms with Crippen LogP contribution in [0.1, 0.15) is 39.5 Å². The van der Waals surface area contributed by atoms with Crippen molar-refractivity contribution >= 4 is 10.0 Å². The Morgan fingerprint density at radius 3 is 2.11 bits per heavy atom. The van der Waals surface area contributed by atoms with E-state index < -0.39 is 15.6 Å². The van der Waals surface area contributed by atoms with Gasteiger partial charge in [-0.05, 0) is 25.0 Å². The standard InChI is InChI=1S/C14H23NO3S/c1-3-10-14(16,11-4-2)12-15-19(17,18)13-8-6-5-7-9-13/h5-9,15-16H,3-4,10-12H2,1-2H3. The summed E-state index contributed by atoms with van der Waals surface area (Å²) in [5.74, 6) is 0. The van der Waals surface area contributed by atoms with Crippen LogP contribution in [0.25, 0.3) is 0 Å². The van der Waals surface area contributed by atoms with Crippen LogP contribution in [0.5, 0.6) is 0 Å². The molecule has 5 heteroatoms. The molecule has 108 valence electrons. The molecule has 0 aliphatic heterocycles. The van der Waals surface area contributed by atoms with Gasteiger partial charge in [-0.3, -0.25) is 0 Å². The molecular formula is C14H23NO3S. The van der Waals surface area contributed by atoms with Gasteiger partial charge in [0, 0.05) is 6.54 Å². The minimum atomic E-state index is -3.54. The average molecular weight is 285 g/mol. The van der Waals surface area contributed by atoms with Crippen molar-refractivity contribution in [3.05, 3.63) is 30.3 Å². The first-order valence-electron chi connectivity index (χ1n) is 6.70. The van der Waals surface area contributed by atoms with E-state index in [0.717, 1.165) is 12.8 Å². The summed E-state index contributed by atoms with van der Waals surface area (Å²) >= 11 is 0. The third-order valence-electron chi connectivity index (χ3n) is 3.08. The Bertz CT molecular complexity index is 465. The van der Waals surface area contributed by atoms with Gasteiger partial charge in [-0.1, -0.05) is 44.9 Å². The molecule has 0 spiro atoms. The molecule has 19 heavy (non-hydrogen) atoms. The highest BCUT2D eigenvalue weighted by Crippen LogP contribution is 2.19. The summed E-state index contributed by atoms with van der Waals surface area (Å²) in [4.78, 5) is 0.227. The van der Waals surface area contributed by atoms with Gasteiger partial charge < -0.3 is 5.11 Å². The van der Waals surface area contributed by atoms with E-state index in [0.29, 0.717) is 12.8 Å². The van der Waals surface area contributed by atoms with E-state index in [-0.39, 0.29) is 11.4 Å². The molecule has 0 amide bonds. The average Bonchev–Trinajstić information content (AvgIpc) is 2.38. The second-order valence-electron chi connectivity index (χ2n) is 4.86. The zero-order chi connectivity index (χ0) is 14.4. The third kappa shape index (κ3) is 4.93. The molecule has 4 nitrogen and oxygen atoms in total. The number of benzene rings is 1. The second kappa shape index (κ2) is 7.03. The largest absolute Gasteiger partial charge is 0.389 e. The lowest BCUT2D eigenvalue weighted by atomic mass is 9.93. The normalized spacial score (nSPS) is 12.6. The fraction of sp³-hybridized carbons (Fsp3) is 0.571. The SMILES string of the molecule is CCCC(O)(CCC)CNS(=O)(=O)c1ccccc1. The molecule has 0 saturated carbocycles. The van der Waals surface area contributed by atoms with Gasteiger partial charge in [0.25, 0.3) is 0 Å². The van der Waals surface area contributed by atoms with Crippen molar-refractivity contribution in [1.82, 2.24) is 4.72 Å². The molecule has 0 radical (unpaired) electrons. The maximum atomic E-state index is 12.1. The molecule has 0 bridgehead atoms. The molecular weight excluding hydrogens is 262 g/mol. The summed E-state index contributed by atoms with van der Waals surface area (Å²) in [6.45, 7) is 4.02. The molecule has 2 N–H and O–H groups in total. The number of sulfonamides is 1. The Balaban J connectivity index is 2.74. The number of nitrogens with one attached hydrogen (secondary N) is 1. The van der Waals surface area contributed by atoms with Crippen molar-refractivity contribution in [2.24, 2.45) is 0 Å². The minimum Gasteiger partial charge on any atom is -0.389 e. The van der Waals surface area contributed by atoms with Crippen molar-refractivity contribution in [2.45, 2.75) is 50.0 Å². The number of rotatable bonds is 8. The summed E-state index contributed by atoms with van der Waals surface area (Å²) in [7, 11) is -3.54. The molecule has 0 unspecified atom stereocenters. The monoisotopic (exact) mass is 285 g/mol. The van der Waals surface area contributed by atoms with Crippen molar-refractivity contribution in [2.75, 3.05) is 6.54 Å². The zero-order valence-corrected chi connectivity index (χ0v) is 12.4. The van der Waals surface area contributed by atoms with Gasteiger partial charge in [0.2, 0.25) is 10.0 Å². The lowest BCUT2D eigenvalue weighted by Crippen LogP contribution is -2.42. The molecule has 1 aromatic carbocycles. The van der Waals surface area contributed by atoms with Gasteiger partial charge in [0.15, 0.2) is 0 Å². The van der Waals surface area contributed by atoms with Crippen LogP contribution in [0.3, 0.4) is 0 Å². The van der Waals surface area contributed by atoms with E-state index in [4.69, 9.17) is 0 Å². The van der Waals surface area contributed by atoms with E-state index in [1.54, 1.807) is 30.3 Å². The van der Waals surface area contributed by atoms with Crippen LogP contribution in [0.15, 0.2) is 35.2 Å². The highest BCUT2D eigenvalue weighted by atomic mass is 32.2. The first-order chi connectivity index (χ1) is 8.93. The summed E-state index contributed by atoms with van der Waals surface area (Å²) in [6.07, 6.45) is 2.84. The minimum absolute atomic E-state index is 0.0614. The third-order valence-corrected chi connectivity index (χ3v) is 4.49. The molecule has 0 aliphatic carbocycles. The van der Waals surface area contributed by atoms with Crippen molar-refractivity contribution in [3.63, 3.8) is 0 Å². The predicted octanol–water partition coefficient (Wildman–Crippen LogP) is 2.30. The summed E-state index contributed by atoms with van der Waals surface area (Å²) in [5, 5.41) is 10.4. The van der Waals surface area contributed by atoms with Gasteiger partial charge in [0.1, 0.15) is 0 Å². The first-order valence-corrected chi connectivity index (χ1v) is 8.19. The van der Waals surface area contributed by atoms with Crippen LogP contribution in [0.4, 0.5) is 0 Å². The lowest BCUT2D eigenvalue weighted by Gasteiger charge is -2.27. The number of hydrogen-bond acceptors (Lipinski definition) is 3. The zero-order valence-electron chi connectivity index (χ0n) is 11.6. The first kappa shape index (κ1) is 16.1. The van der Waals surface area contributed by atoms with E-state index in [1.165, 1.54) is 0 Å². The van der Waals surface area contributed by atoms with E-state index in [1.807, 2.05) is 13.8 Å². The Hall–Kier alpha value is -0.910. The molecule has 0 heterocycles. The quantitative estimate of drug-likeness (QED) is 0.770. The highest BCUT2D eigenvalue weighted by molar-refractivity contribution is 7.89. The molecule has 0 aliphatic rings. The van der Waals surface area contributed by atoms with Crippen LogP contribution in [-0.4, -0.2) is 25.7 Å². The topological polar surface area (TPSA) is 66.4 Å². The molecule has 0 aromatic heterocycles. The Kier molecular flexibility index (Phi) is 5.97. The maximum Gasteiger partial charge on any atom is 0.240 e. The van der Waals surface area contributed by atoms with E-state index >= 15 is 0 Å². The van der Waals surface area contributed by atoms with Crippen LogP contribution >= 0.6 is 0 Å². The molecule has 1 aromatic rings. The Morgan fingerprint density at radius 2 is 1.63 bits per heavy atom. The number of hydrogen-bond donors (Lipinski definition) is 2. The van der Waals surface area contributed by atoms with Gasteiger partial charge in [-0.2, -0.15) is 0 Å². The molecule has 0 atom stereocenters. The maximum absolute atomic E-state index is 12.1. The number of aliphatic hydroxyl groups is 1. The van der Waals surface area contributed by atoms with Gasteiger partial charge in [-0.25, -0.2) is 13.1 Å². The van der Waals surface area contributed by atoms with Crippen molar-refractivity contribution in [3.8, 4) is 0 Å². The van der Waals surface area contributed by atoms with Gasteiger partial charge in [0.05, 0.1) is 10.5 Å². The van der Waals surface area contributed by atoms with Crippen LogP contribution < -0.4 is 4.72 Å². The smallest absolute Gasteiger partial charge is 0.240 e. The summed E-state index contributed by atoms with van der Waals surface area (Å²) in [6, 6.07) is 8.21.